The largest absolute Gasteiger partial charge is 0.295 e. The Balaban J connectivity index is 2.25. The molecule has 0 amide bonds. The van der Waals surface area contributed by atoms with Crippen LogP contribution in [0.2, 0.25) is 0 Å². The molecular formula is C18H25N3. The van der Waals surface area contributed by atoms with Crippen LogP contribution in [0.5, 0.6) is 0 Å². The second-order valence-corrected chi connectivity index (χ2v) is 5.83. The summed E-state index contributed by atoms with van der Waals surface area (Å²) in [5, 5.41) is 7.40. The number of hydrogen-bond donors (Lipinski definition) is 1. The smallest absolute Gasteiger partial charge is 0.0695 e. The highest BCUT2D eigenvalue weighted by Crippen LogP contribution is 2.24. The van der Waals surface area contributed by atoms with Crippen LogP contribution < -0.4 is 0 Å². The van der Waals surface area contributed by atoms with Crippen molar-refractivity contribution in [3.05, 3.63) is 53.2 Å². The first kappa shape index (κ1) is 15.5. The number of aryl methyl sites for hydroxylation is 2. The molecule has 3 heteroatoms. The van der Waals surface area contributed by atoms with E-state index < -0.39 is 0 Å². The van der Waals surface area contributed by atoms with Gasteiger partial charge in [-0.15, -0.1) is 0 Å². The van der Waals surface area contributed by atoms with E-state index in [2.05, 4.69) is 67.6 Å². The van der Waals surface area contributed by atoms with Crippen LogP contribution in [0.3, 0.4) is 0 Å². The van der Waals surface area contributed by atoms with Gasteiger partial charge < -0.3 is 0 Å². The van der Waals surface area contributed by atoms with Crippen molar-refractivity contribution in [1.29, 1.82) is 0 Å². The molecule has 2 aromatic rings. The molecule has 0 bridgehead atoms. The minimum atomic E-state index is 0.891. The Bertz CT molecular complexity index is 625. The van der Waals surface area contributed by atoms with Crippen LogP contribution in [0.25, 0.3) is 11.3 Å². The van der Waals surface area contributed by atoms with E-state index in [1.54, 1.807) is 0 Å². The van der Waals surface area contributed by atoms with Gasteiger partial charge in [0.05, 0.1) is 11.9 Å². The standard InChI is InChI=1S/C18H25N3/c1-6-21(11-13(2)3)12-17-10-19-20-18(17)16-8-7-14(4)15(5)9-16/h7-10H,2,6,11-12H2,1,3-5H3,(H,19,20). The summed E-state index contributed by atoms with van der Waals surface area (Å²) in [4.78, 5) is 2.37. The van der Waals surface area contributed by atoms with Gasteiger partial charge in [0.15, 0.2) is 0 Å². The number of aromatic nitrogens is 2. The van der Waals surface area contributed by atoms with Crippen molar-refractivity contribution in [3.8, 4) is 11.3 Å². The molecule has 1 aromatic heterocycles. The van der Waals surface area contributed by atoms with Gasteiger partial charge in [-0.2, -0.15) is 5.10 Å². The Labute approximate surface area is 127 Å². The van der Waals surface area contributed by atoms with E-state index in [-0.39, 0.29) is 0 Å². The van der Waals surface area contributed by atoms with Gasteiger partial charge >= 0.3 is 0 Å². The number of likely N-dealkylation sites (N-methyl/N-ethyl adjacent to an activating group) is 1. The first-order valence-electron chi connectivity index (χ1n) is 7.47. The number of hydrogen-bond acceptors (Lipinski definition) is 2. The maximum Gasteiger partial charge on any atom is 0.0695 e. The molecule has 0 atom stereocenters. The number of H-pyrrole nitrogens is 1. The molecule has 112 valence electrons. The van der Waals surface area contributed by atoms with E-state index in [0.717, 1.165) is 25.3 Å². The molecule has 1 aromatic carbocycles. The Kier molecular flexibility index (Phi) is 4.97. The van der Waals surface area contributed by atoms with Crippen LogP contribution in [0.4, 0.5) is 0 Å². The SMILES string of the molecule is C=C(C)CN(CC)Cc1cn[nH]c1-c1ccc(C)c(C)c1. The second kappa shape index (κ2) is 6.72. The maximum atomic E-state index is 4.24. The number of nitrogens with one attached hydrogen (secondary N) is 1. The summed E-state index contributed by atoms with van der Waals surface area (Å²) in [7, 11) is 0. The number of nitrogens with zero attached hydrogens (tertiary/aromatic N) is 2. The zero-order chi connectivity index (χ0) is 15.4. The first-order valence-corrected chi connectivity index (χ1v) is 7.47. The van der Waals surface area contributed by atoms with E-state index in [0.29, 0.717) is 0 Å². The van der Waals surface area contributed by atoms with Gasteiger partial charge in [-0.05, 0) is 44.5 Å². The molecule has 0 radical (unpaired) electrons. The Morgan fingerprint density at radius 1 is 1.29 bits per heavy atom. The molecule has 2 rings (SSSR count). The normalized spacial score (nSPS) is 11.1. The summed E-state index contributed by atoms with van der Waals surface area (Å²) in [5.74, 6) is 0. The average molecular weight is 283 g/mol. The maximum absolute atomic E-state index is 4.24. The number of benzene rings is 1. The van der Waals surface area contributed by atoms with E-state index in [1.807, 2.05) is 6.20 Å². The highest BCUT2D eigenvalue weighted by Gasteiger charge is 2.12. The Morgan fingerprint density at radius 3 is 2.67 bits per heavy atom. The van der Waals surface area contributed by atoms with Crippen LogP contribution >= 0.6 is 0 Å². The van der Waals surface area contributed by atoms with Crippen molar-refractivity contribution in [2.24, 2.45) is 0 Å². The molecule has 0 saturated heterocycles. The second-order valence-electron chi connectivity index (χ2n) is 5.83. The Hall–Kier alpha value is -1.87. The van der Waals surface area contributed by atoms with Gasteiger partial charge in [-0.3, -0.25) is 10.00 Å². The predicted molar refractivity (Wildman–Crippen MR) is 89.3 cm³/mol. The van der Waals surface area contributed by atoms with E-state index in [4.69, 9.17) is 0 Å². The van der Waals surface area contributed by atoms with Gasteiger partial charge in [0, 0.05) is 24.2 Å². The molecule has 0 spiro atoms. The average Bonchev–Trinajstić information content (AvgIpc) is 2.88. The molecule has 21 heavy (non-hydrogen) atoms. The summed E-state index contributed by atoms with van der Waals surface area (Å²) in [6, 6.07) is 6.55. The number of rotatable bonds is 6. The molecule has 0 unspecified atom stereocenters. The van der Waals surface area contributed by atoms with Crippen LogP contribution in [0.1, 0.15) is 30.5 Å². The van der Waals surface area contributed by atoms with Crippen molar-refractivity contribution < 1.29 is 0 Å². The molecule has 1 heterocycles. The monoisotopic (exact) mass is 283 g/mol. The molecule has 0 aliphatic carbocycles. The van der Waals surface area contributed by atoms with Crippen LogP contribution in [-0.2, 0) is 6.54 Å². The van der Waals surface area contributed by atoms with E-state index >= 15 is 0 Å². The summed E-state index contributed by atoms with van der Waals surface area (Å²) in [5.41, 5.74) is 7.38. The summed E-state index contributed by atoms with van der Waals surface area (Å²) >= 11 is 0. The lowest BCUT2D eigenvalue weighted by Gasteiger charge is -2.20. The van der Waals surface area contributed by atoms with Crippen molar-refractivity contribution >= 4 is 0 Å². The molecule has 1 N–H and O–H groups in total. The van der Waals surface area contributed by atoms with Crippen LogP contribution in [0.15, 0.2) is 36.5 Å². The predicted octanol–water partition coefficient (Wildman–Crippen LogP) is 4.09. The summed E-state index contributed by atoms with van der Waals surface area (Å²) in [6.45, 7) is 15.4. The fourth-order valence-corrected chi connectivity index (χ4v) is 2.48. The molecular weight excluding hydrogens is 258 g/mol. The minimum Gasteiger partial charge on any atom is -0.295 e. The van der Waals surface area contributed by atoms with Crippen LogP contribution in [0, 0.1) is 13.8 Å². The van der Waals surface area contributed by atoms with Gasteiger partial charge in [0.25, 0.3) is 0 Å². The molecule has 3 nitrogen and oxygen atoms in total. The van der Waals surface area contributed by atoms with Crippen molar-refractivity contribution in [3.63, 3.8) is 0 Å². The van der Waals surface area contributed by atoms with Gasteiger partial charge in [0.2, 0.25) is 0 Å². The third kappa shape index (κ3) is 3.82. The first-order chi connectivity index (χ1) is 10.0. The third-order valence-corrected chi connectivity index (χ3v) is 3.85. The lowest BCUT2D eigenvalue weighted by Crippen LogP contribution is -2.24. The minimum absolute atomic E-state index is 0.891. The van der Waals surface area contributed by atoms with Crippen molar-refractivity contribution in [1.82, 2.24) is 15.1 Å². The van der Waals surface area contributed by atoms with E-state index in [1.165, 1.54) is 27.8 Å². The highest BCUT2D eigenvalue weighted by atomic mass is 15.1. The van der Waals surface area contributed by atoms with Gasteiger partial charge in [-0.1, -0.05) is 31.2 Å². The van der Waals surface area contributed by atoms with Gasteiger partial charge in [0.1, 0.15) is 0 Å². The zero-order valence-corrected chi connectivity index (χ0v) is 13.5. The molecule has 0 fully saturated rings. The Morgan fingerprint density at radius 2 is 2.05 bits per heavy atom. The van der Waals surface area contributed by atoms with Crippen molar-refractivity contribution in [2.45, 2.75) is 34.2 Å². The molecule has 0 aliphatic heterocycles. The summed E-state index contributed by atoms with van der Waals surface area (Å²) in [6.07, 6.45) is 1.94. The zero-order valence-electron chi connectivity index (χ0n) is 13.5. The fraction of sp³-hybridized carbons (Fsp3) is 0.389. The lowest BCUT2D eigenvalue weighted by molar-refractivity contribution is 0.305. The summed E-state index contributed by atoms with van der Waals surface area (Å²) < 4.78 is 0. The molecule has 0 saturated carbocycles. The van der Waals surface area contributed by atoms with Crippen LogP contribution in [-0.4, -0.2) is 28.2 Å². The third-order valence-electron chi connectivity index (χ3n) is 3.85. The topological polar surface area (TPSA) is 31.9 Å². The highest BCUT2D eigenvalue weighted by molar-refractivity contribution is 5.64. The van der Waals surface area contributed by atoms with Gasteiger partial charge in [-0.25, -0.2) is 0 Å². The van der Waals surface area contributed by atoms with E-state index in [9.17, 15) is 0 Å². The van der Waals surface area contributed by atoms with Crippen molar-refractivity contribution in [2.75, 3.05) is 13.1 Å². The lowest BCUT2D eigenvalue weighted by atomic mass is 10.0. The quantitative estimate of drug-likeness (QED) is 0.810. The fourth-order valence-electron chi connectivity index (χ4n) is 2.48. The number of aromatic amines is 1. The molecule has 0 aliphatic rings.